The number of hydrogen-bond acceptors (Lipinski definition) is 5. The molecule has 0 amide bonds. The molecule has 98 valence electrons. The fourth-order valence-electron chi connectivity index (χ4n) is 1.31. The highest BCUT2D eigenvalue weighted by molar-refractivity contribution is 7.92. The second-order valence-corrected chi connectivity index (χ2v) is 5.67. The van der Waals surface area contributed by atoms with Crippen LogP contribution in [-0.4, -0.2) is 35.8 Å². The summed E-state index contributed by atoms with van der Waals surface area (Å²) in [6.07, 6.45) is -0.998. The quantitative estimate of drug-likeness (QED) is 0.641. The largest absolute Gasteiger partial charge is 0.481 e. The highest BCUT2D eigenvalue weighted by atomic mass is 32.2. The van der Waals surface area contributed by atoms with Gasteiger partial charge in [0.25, 0.3) is 0 Å². The van der Waals surface area contributed by atoms with Gasteiger partial charge in [0.2, 0.25) is 0 Å². The van der Waals surface area contributed by atoms with Gasteiger partial charge in [0.15, 0.2) is 15.1 Å². The van der Waals surface area contributed by atoms with Crippen molar-refractivity contribution in [3.05, 3.63) is 24.3 Å². The van der Waals surface area contributed by atoms with Crippen LogP contribution in [0.25, 0.3) is 0 Å². The van der Waals surface area contributed by atoms with Crippen molar-refractivity contribution < 1.29 is 28.2 Å². The Morgan fingerprint density at radius 1 is 1.17 bits per heavy atom. The number of sulfone groups is 1. The predicted molar refractivity (Wildman–Crippen MR) is 61.7 cm³/mol. The van der Waals surface area contributed by atoms with Crippen molar-refractivity contribution in [3.8, 4) is 0 Å². The lowest BCUT2D eigenvalue weighted by atomic mass is 10.3. The molecule has 0 fully saturated rings. The van der Waals surface area contributed by atoms with E-state index in [2.05, 4.69) is 0 Å². The van der Waals surface area contributed by atoms with Crippen molar-refractivity contribution in [2.24, 2.45) is 0 Å². The summed E-state index contributed by atoms with van der Waals surface area (Å²) in [6, 6.07) is 4.88. The van der Waals surface area contributed by atoms with Crippen LogP contribution in [0.1, 0.15) is 6.42 Å². The van der Waals surface area contributed by atoms with Gasteiger partial charge in [-0.3, -0.25) is 9.59 Å². The molecule has 7 nitrogen and oxygen atoms in total. The first kappa shape index (κ1) is 14.0. The Morgan fingerprint density at radius 2 is 1.67 bits per heavy atom. The van der Waals surface area contributed by atoms with Gasteiger partial charge in [-0.25, -0.2) is 8.42 Å². The second-order valence-electron chi connectivity index (χ2n) is 3.54. The minimum Gasteiger partial charge on any atom is -0.481 e. The minimum absolute atomic E-state index is 0.273. The summed E-state index contributed by atoms with van der Waals surface area (Å²) in [7, 11) is -4.25. The summed E-state index contributed by atoms with van der Waals surface area (Å²) in [5.74, 6) is -3.20. The van der Waals surface area contributed by atoms with E-state index < -0.39 is 33.4 Å². The molecule has 0 saturated carbocycles. The Balaban J connectivity index is 3.21. The van der Waals surface area contributed by atoms with Crippen molar-refractivity contribution in [1.29, 1.82) is 0 Å². The molecule has 0 spiro atoms. The SMILES string of the molecule is Nc1ccc(S(=O)(=O)C(CC(=O)O)C(=O)O)cc1. The summed E-state index contributed by atoms with van der Waals surface area (Å²) in [5.41, 5.74) is 5.70. The molecule has 18 heavy (non-hydrogen) atoms. The first-order chi connectivity index (χ1) is 8.25. The summed E-state index contributed by atoms with van der Waals surface area (Å²) in [5, 5.41) is 15.3. The number of nitrogen functional groups attached to an aromatic ring is 1. The average Bonchev–Trinajstić information content (AvgIpc) is 2.25. The van der Waals surface area contributed by atoms with Crippen LogP contribution in [0.4, 0.5) is 5.69 Å². The number of benzene rings is 1. The molecule has 1 unspecified atom stereocenters. The van der Waals surface area contributed by atoms with E-state index in [9.17, 15) is 18.0 Å². The molecule has 8 heteroatoms. The number of aliphatic carboxylic acids is 2. The summed E-state index contributed by atoms with van der Waals surface area (Å²) in [4.78, 5) is 21.1. The Hall–Kier alpha value is -2.09. The number of hydrogen-bond donors (Lipinski definition) is 3. The third kappa shape index (κ3) is 2.98. The fourth-order valence-corrected chi connectivity index (χ4v) is 2.78. The van der Waals surface area contributed by atoms with Crippen LogP contribution in [0.3, 0.4) is 0 Å². The third-order valence-corrected chi connectivity index (χ3v) is 4.27. The molecular weight excluding hydrogens is 262 g/mol. The van der Waals surface area contributed by atoms with Crippen LogP contribution in [-0.2, 0) is 19.4 Å². The zero-order valence-electron chi connectivity index (χ0n) is 9.11. The van der Waals surface area contributed by atoms with E-state index >= 15 is 0 Å². The van der Waals surface area contributed by atoms with Crippen molar-refractivity contribution >= 4 is 27.5 Å². The Morgan fingerprint density at radius 3 is 2.06 bits per heavy atom. The van der Waals surface area contributed by atoms with Crippen LogP contribution in [0.15, 0.2) is 29.2 Å². The van der Waals surface area contributed by atoms with Gasteiger partial charge in [-0.05, 0) is 24.3 Å². The van der Waals surface area contributed by atoms with Crippen LogP contribution >= 0.6 is 0 Å². The molecule has 0 saturated heterocycles. The van der Waals surface area contributed by atoms with E-state index in [1.54, 1.807) is 0 Å². The lowest BCUT2D eigenvalue weighted by molar-refractivity contribution is -0.143. The first-order valence-electron chi connectivity index (χ1n) is 4.79. The highest BCUT2D eigenvalue weighted by Gasteiger charge is 2.35. The molecule has 1 rings (SSSR count). The van der Waals surface area contributed by atoms with Crippen molar-refractivity contribution in [2.45, 2.75) is 16.6 Å². The van der Waals surface area contributed by atoms with E-state index in [-0.39, 0.29) is 4.90 Å². The van der Waals surface area contributed by atoms with Gasteiger partial charge < -0.3 is 15.9 Å². The van der Waals surface area contributed by atoms with E-state index in [4.69, 9.17) is 15.9 Å². The summed E-state index contributed by atoms with van der Waals surface area (Å²) >= 11 is 0. The van der Waals surface area contributed by atoms with E-state index in [1.165, 1.54) is 12.1 Å². The fraction of sp³-hybridized carbons (Fsp3) is 0.200. The van der Waals surface area contributed by atoms with Gasteiger partial charge in [-0.1, -0.05) is 0 Å². The second kappa shape index (κ2) is 5.05. The molecule has 4 N–H and O–H groups in total. The molecule has 0 heterocycles. The lowest BCUT2D eigenvalue weighted by Crippen LogP contribution is -2.32. The monoisotopic (exact) mass is 273 g/mol. The van der Waals surface area contributed by atoms with Crippen molar-refractivity contribution in [3.63, 3.8) is 0 Å². The number of carbonyl (C=O) groups is 2. The van der Waals surface area contributed by atoms with Gasteiger partial charge >= 0.3 is 11.9 Å². The summed E-state index contributed by atoms with van der Waals surface area (Å²) in [6.45, 7) is 0. The molecule has 1 aromatic rings. The van der Waals surface area contributed by atoms with Crippen LogP contribution < -0.4 is 5.73 Å². The lowest BCUT2D eigenvalue weighted by Gasteiger charge is -2.11. The zero-order valence-corrected chi connectivity index (χ0v) is 9.92. The maximum absolute atomic E-state index is 11.9. The van der Waals surface area contributed by atoms with Crippen LogP contribution in [0.2, 0.25) is 0 Å². The van der Waals surface area contributed by atoms with Gasteiger partial charge in [-0.2, -0.15) is 0 Å². The highest BCUT2D eigenvalue weighted by Crippen LogP contribution is 2.20. The predicted octanol–water partition coefficient (Wildman–Crippen LogP) is -0.0296. The topological polar surface area (TPSA) is 135 Å². The minimum atomic E-state index is -4.25. The van der Waals surface area contributed by atoms with Gasteiger partial charge in [0, 0.05) is 5.69 Å². The maximum Gasteiger partial charge on any atom is 0.322 e. The average molecular weight is 273 g/mol. The Bertz CT molecular complexity index is 563. The number of carboxylic acids is 2. The summed E-state index contributed by atoms with van der Waals surface area (Å²) < 4.78 is 23.9. The molecule has 0 bridgehead atoms. The molecule has 0 aliphatic carbocycles. The standard InChI is InChI=1S/C10H11NO6S/c11-6-1-3-7(4-2-6)18(16,17)8(10(14)15)5-9(12)13/h1-4,8H,5,11H2,(H,12,13)(H,14,15). The van der Waals surface area contributed by atoms with E-state index in [1.807, 2.05) is 0 Å². The maximum atomic E-state index is 11.9. The first-order valence-corrected chi connectivity index (χ1v) is 6.34. The van der Waals surface area contributed by atoms with Gasteiger partial charge in [-0.15, -0.1) is 0 Å². The molecule has 0 radical (unpaired) electrons. The van der Waals surface area contributed by atoms with Crippen molar-refractivity contribution in [1.82, 2.24) is 0 Å². The molecule has 0 aliphatic rings. The molecule has 1 aromatic carbocycles. The van der Waals surface area contributed by atoms with Crippen LogP contribution in [0.5, 0.6) is 0 Å². The zero-order chi connectivity index (χ0) is 13.9. The number of rotatable bonds is 5. The Kier molecular flexibility index (Phi) is 3.92. The van der Waals surface area contributed by atoms with Gasteiger partial charge in [0.05, 0.1) is 11.3 Å². The Labute approximate surface area is 103 Å². The molecular formula is C10H11NO6S. The van der Waals surface area contributed by atoms with Crippen molar-refractivity contribution in [2.75, 3.05) is 5.73 Å². The number of carboxylic acid groups (broad SMARTS) is 2. The smallest absolute Gasteiger partial charge is 0.322 e. The molecule has 0 aromatic heterocycles. The van der Waals surface area contributed by atoms with Gasteiger partial charge in [0.1, 0.15) is 0 Å². The normalized spacial score (nSPS) is 12.9. The number of anilines is 1. The van der Waals surface area contributed by atoms with E-state index in [0.717, 1.165) is 12.1 Å². The molecule has 0 aliphatic heterocycles. The molecule has 1 atom stereocenters. The number of nitrogens with two attached hydrogens (primary N) is 1. The van der Waals surface area contributed by atoms with Crippen LogP contribution in [0, 0.1) is 0 Å². The van der Waals surface area contributed by atoms with E-state index in [0.29, 0.717) is 5.69 Å². The third-order valence-electron chi connectivity index (χ3n) is 2.22.